The zero-order chi connectivity index (χ0) is 15.6. The van der Waals surface area contributed by atoms with E-state index in [4.69, 9.17) is 4.74 Å². The van der Waals surface area contributed by atoms with E-state index >= 15 is 0 Å². The zero-order valence-electron chi connectivity index (χ0n) is 11.8. The molecule has 21 heavy (non-hydrogen) atoms. The lowest BCUT2D eigenvalue weighted by Crippen LogP contribution is -2.22. The predicted octanol–water partition coefficient (Wildman–Crippen LogP) is 2.04. The number of nitro groups is 1. The van der Waals surface area contributed by atoms with Crippen LogP contribution < -0.4 is 5.32 Å². The van der Waals surface area contributed by atoms with Crippen LogP contribution in [-0.4, -0.2) is 23.4 Å². The summed E-state index contributed by atoms with van der Waals surface area (Å²) in [6, 6.07) is 4.18. The number of aryl methyl sites for hydroxylation is 1. The van der Waals surface area contributed by atoms with Crippen molar-refractivity contribution in [1.29, 1.82) is 0 Å². The van der Waals surface area contributed by atoms with Gasteiger partial charge in [-0.15, -0.1) is 0 Å². The molecule has 1 aromatic rings. The number of carbonyl (C=O) groups excluding carboxylic acids is 2. The molecule has 1 aliphatic rings. The Morgan fingerprint density at radius 2 is 2.14 bits per heavy atom. The van der Waals surface area contributed by atoms with E-state index in [0.29, 0.717) is 17.2 Å². The molecule has 2 rings (SSSR count). The largest absolute Gasteiger partial charge is 0.455 e. The molecule has 1 saturated carbocycles. The number of hydrogen-bond acceptors (Lipinski definition) is 5. The summed E-state index contributed by atoms with van der Waals surface area (Å²) in [5, 5.41) is 13.2. The third-order valence-electron chi connectivity index (χ3n) is 3.46. The van der Waals surface area contributed by atoms with Crippen molar-refractivity contribution in [3.8, 4) is 0 Å². The van der Waals surface area contributed by atoms with Gasteiger partial charge in [-0.2, -0.15) is 0 Å². The minimum absolute atomic E-state index is 0.0997. The molecule has 0 unspecified atom stereocenters. The molecule has 0 saturated heterocycles. The number of hydrogen-bond donors (Lipinski definition) is 1. The fraction of sp³-hybridized carbons (Fsp3) is 0.429. The number of rotatable bonds is 5. The van der Waals surface area contributed by atoms with Crippen molar-refractivity contribution in [2.45, 2.75) is 20.3 Å². The molecule has 7 nitrogen and oxygen atoms in total. The van der Waals surface area contributed by atoms with Crippen molar-refractivity contribution in [2.75, 3.05) is 11.9 Å². The van der Waals surface area contributed by atoms with E-state index in [9.17, 15) is 19.7 Å². The monoisotopic (exact) mass is 292 g/mol. The third kappa shape index (κ3) is 3.77. The minimum Gasteiger partial charge on any atom is -0.455 e. The molecule has 0 heterocycles. The molecule has 0 bridgehead atoms. The number of nitro benzene ring substituents is 1. The van der Waals surface area contributed by atoms with Gasteiger partial charge in [0, 0.05) is 12.1 Å². The van der Waals surface area contributed by atoms with Gasteiger partial charge in [0.15, 0.2) is 6.61 Å². The summed E-state index contributed by atoms with van der Waals surface area (Å²) < 4.78 is 4.90. The second kappa shape index (κ2) is 5.90. The van der Waals surface area contributed by atoms with Gasteiger partial charge in [0.05, 0.1) is 16.5 Å². The molecule has 1 aromatic carbocycles. The average molecular weight is 292 g/mol. The second-order valence-electron chi connectivity index (χ2n) is 5.23. The first kappa shape index (κ1) is 15.0. The number of non-ortho nitro benzene ring substituents is 1. The summed E-state index contributed by atoms with van der Waals surface area (Å²) in [5.41, 5.74) is 0.917. The van der Waals surface area contributed by atoms with E-state index in [1.165, 1.54) is 12.1 Å². The first-order chi connectivity index (χ1) is 9.88. The number of nitrogens with zero attached hydrogens (tertiary/aromatic N) is 1. The van der Waals surface area contributed by atoms with Crippen LogP contribution in [0.25, 0.3) is 0 Å². The van der Waals surface area contributed by atoms with Gasteiger partial charge in [0.25, 0.3) is 11.6 Å². The lowest BCUT2D eigenvalue weighted by atomic mass is 10.2. The van der Waals surface area contributed by atoms with Crippen molar-refractivity contribution in [1.82, 2.24) is 0 Å². The molecule has 0 radical (unpaired) electrons. The van der Waals surface area contributed by atoms with Crippen LogP contribution in [0.5, 0.6) is 0 Å². The van der Waals surface area contributed by atoms with Crippen molar-refractivity contribution in [3.05, 3.63) is 33.9 Å². The Kier molecular flexibility index (Phi) is 4.21. The SMILES string of the molecule is Cc1ccc([N+](=O)[O-])cc1NC(=O)COC(=O)[C@H]1C[C@H]1C. The maximum Gasteiger partial charge on any atom is 0.309 e. The molecule has 0 aromatic heterocycles. The van der Waals surface area contributed by atoms with E-state index < -0.39 is 10.8 Å². The fourth-order valence-corrected chi connectivity index (χ4v) is 1.94. The Bertz CT molecular complexity index is 599. The van der Waals surface area contributed by atoms with Gasteiger partial charge in [-0.3, -0.25) is 19.7 Å². The van der Waals surface area contributed by atoms with E-state index in [0.717, 1.165) is 6.42 Å². The van der Waals surface area contributed by atoms with Gasteiger partial charge in [-0.05, 0) is 24.8 Å². The Balaban J connectivity index is 1.91. The summed E-state index contributed by atoms with van der Waals surface area (Å²) in [7, 11) is 0. The lowest BCUT2D eigenvalue weighted by molar-refractivity contribution is -0.384. The Hall–Kier alpha value is -2.44. The number of esters is 1. The highest BCUT2D eigenvalue weighted by atomic mass is 16.6. The molecule has 1 amide bonds. The molecule has 7 heteroatoms. The quantitative estimate of drug-likeness (QED) is 0.508. The van der Waals surface area contributed by atoms with Gasteiger partial charge in [-0.1, -0.05) is 13.0 Å². The van der Waals surface area contributed by atoms with Crippen molar-refractivity contribution >= 4 is 23.3 Å². The second-order valence-corrected chi connectivity index (χ2v) is 5.23. The van der Waals surface area contributed by atoms with Gasteiger partial charge >= 0.3 is 5.97 Å². The molecule has 0 spiro atoms. The summed E-state index contributed by atoms with van der Waals surface area (Å²) in [4.78, 5) is 33.4. The standard InChI is InChI=1S/C14H16N2O5/c1-8-3-4-10(16(19)20)6-12(8)15-13(17)7-21-14(18)11-5-9(11)2/h3-4,6,9,11H,5,7H2,1-2H3,(H,15,17)/t9-,11+/m1/s1. The van der Waals surface area contributed by atoms with Crippen LogP contribution in [0.15, 0.2) is 18.2 Å². The summed E-state index contributed by atoms with van der Waals surface area (Å²) in [5.74, 6) is -0.661. The highest BCUT2D eigenvalue weighted by Crippen LogP contribution is 2.38. The predicted molar refractivity (Wildman–Crippen MR) is 74.7 cm³/mol. The van der Waals surface area contributed by atoms with Gasteiger partial charge < -0.3 is 10.1 Å². The Morgan fingerprint density at radius 1 is 1.48 bits per heavy atom. The van der Waals surface area contributed by atoms with E-state index in [1.54, 1.807) is 13.0 Å². The first-order valence-corrected chi connectivity index (χ1v) is 6.60. The maximum absolute atomic E-state index is 11.7. The van der Waals surface area contributed by atoms with Crippen LogP contribution in [0.4, 0.5) is 11.4 Å². The van der Waals surface area contributed by atoms with Crippen molar-refractivity contribution < 1.29 is 19.2 Å². The van der Waals surface area contributed by atoms with Crippen LogP contribution in [0.3, 0.4) is 0 Å². The molecular formula is C14H16N2O5. The normalized spacial score (nSPS) is 19.7. The summed E-state index contributed by atoms with van der Waals surface area (Å²) in [6.07, 6.45) is 0.796. The maximum atomic E-state index is 11.7. The fourth-order valence-electron chi connectivity index (χ4n) is 1.94. The molecule has 1 fully saturated rings. The number of carbonyl (C=O) groups is 2. The van der Waals surface area contributed by atoms with Crippen LogP contribution in [0, 0.1) is 28.9 Å². The molecule has 1 N–H and O–H groups in total. The van der Waals surface area contributed by atoms with Gasteiger partial charge in [0.1, 0.15) is 0 Å². The number of nitrogens with one attached hydrogen (secondary N) is 1. The Morgan fingerprint density at radius 3 is 2.71 bits per heavy atom. The number of ether oxygens (including phenoxy) is 1. The number of amides is 1. The van der Waals surface area contributed by atoms with Crippen LogP contribution >= 0.6 is 0 Å². The molecule has 0 aliphatic heterocycles. The van der Waals surface area contributed by atoms with Gasteiger partial charge in [-0.25, -0.2) is 0 Å². The molecule has 2 atom stereocenters. The number of anilines is 1. The zero-order valence-corrected chi connectivity index (χ0v) is 11.8. The number of benzene rings is 1. The molecule has 112 valence electrons. The van der Waals surface area contributed by atoms with Gasteiger partial charge in [0.2, 0.25) is 0 Å². The van der Waals surface area contributed by atoms with Crippen LogP contribution in [0.2, 0.25) is 0 Å². The highest BCUT2D eigenvalue weighted by molar-refractivity contribution is 5.94. The third-order valence-corrected chi connectivity index (χ3v) is 3.46. The summed E-state index contributed by atoms with van der Waals surface area (Å²) in [6.45, 7) is 3.28. The lowest BCUT2D eigenvalue weighted by Gasteiger charge is -2.08. The summed E-state index contributed by atoms with van der Waals surface area (Å²) >= 11 is 0. The Labute approximate surface area is 121 Å². The first-order valence-electron chi connectivity index (χ1n) is 6.60. The van der Waals surface area contributed by atoms with Crippen LogP contribution in [0.1, 0.15) is 18.9 Å². The van der Waals surface area contributed by atoms with E-state index in [1.807, 2.05) is 6.92 Å². The highest BCUT2D eigenvalue weighted by Gasteiger charge is 2.40. The molecule has 1 aliphatic carbocycles. The van der Waals surface area contributed by atoms with Crippen molar-refractivity contribution in [2.24, 2.45) is 11.8 Å². The minimum atomic E-state index is -0.538. The van der Waals surface area contributed by atoms with E-state index in [2.05, 4.69) is 5.32 Å². The smallest absolute Gasteiger partial charge is 0.309 e. The van der Waals surface area contributed by atoms with E-state index in [-0.39, 0.29) is 24.2 Å². The molecular weight excluding hydrogens is 276 g/mol. The van der Waals surface area contributed by atoms with Crippen molar-refractivity contribution in [3.63, 3.8) is 0 Å². The average Bonchev–Trinajstić information content (AvgIpc) is 3.15. The van der Waals surface area contributed by atoms with Crippen LogP contribution in [-0.2, 0) is 14.3 Å². The topological polar surface area (TPSA) is 98.5 Å².